The van der Waals surface area contributed by atoms with Gasteiger partial charge in [0, 0.05) is 6.04 Å². The molecule has 1 N–H and O–H groups in total. The first-order valence-electron chi connectivity index (χ1n) is 8.93. The van der Waals surface area contributed by atoms with Crippen LogP contribution in [0.2, 0.25) is 0 Å². The minimum absolute atomic E-state index is 0.518. The highest BCUT2D eigenvalue weighted by molar-refractivity contribution is 5.31. The lowest BCUT2D eigenvalue weighted by Crippen LogP contribution is -2.16. The highest BCUT2D eigenvalue weighted by Gasteiger charge is 2.09. The quantitative estimate of drug-likeness (QED) is 0.486. The van der Waals surface area contributed by atoms with Crippen molar-refractivity contribution >= 4 is 0 Å². The Morgan fingerprint density at radius 2 is 1.48 bits per heavy atom. The Morgan fingerprint density at radius 3 is 2.05 bits per heavy atom. The summed E-state index contributed by atoms with van der Waals surface area (Å²) < 4.78 is 0. The van der Waals surface area contributed by atoms with Crippen LogP contribution < -0.4 is 5.32 Å². The van der Waals surface area contributed by atoms with Crippen LogP contribution in [0.4, 0.5) is 0 Å². The molecule has 1 nitrogen and oxygen atoms in total. The number of nitrogens with one attached hydrogen (secondary N) is 1. The third kappa shape index (κ3) is 7.13. The van der Waals surface area contributed by atoms with Crippen molar-refractivity contribution in [3.8, 4) is 0 Å². The molecule has 0 saturated heterocycles. The van der Waals surface area contributed by atoms with E-state index >= 15 is 0 Å². The Hall–Kier alpha value is -0.820. The second-order valence-corrected chi connectivity index (χ2v) is 6.45. The molecule has 1 rings (SSSR count). The second-order valence-electron chi connectivity index (χ2n) is 6.45. The summed E-state index contributed by atoms with van der Waals surface area (Å²) in [4.78, 5) is 0. The molecule has 0 aliphatic carbocycles. The first-order chi connectivity index (χ1) is 10.2. The van der Waals surface area contributed by atoms with Crippen molar-refractivity contribution in [3.63, 3.8) is 0 Å². The molecule has 0 spiro atoms. The molecule has 0 aliphatic heterocycles. The fraction of sp³-hybridized carbons (Fsp3) is 0.700. The summed E-state index contributed by atoms with van der Waals surface area (Å²) >= 11 is 0. The molecule has 0 saturated carbocycles. The summed E-state index contributed by atoms with van der Waals surface area (Å²) in [6, 6.07) is 7.41. The Balaban J connectivity index is 2.23. The molecule has 0 aromatic heterocycles. The second kappa shape index (κ2) is 10.8. The van der Waals surface area contributed by atoms with Crippen LogP contribution in [0.25, 0.3) is 0 Å². The van der Waals surface area contributed by atoms with Crippen molar-refractivity contribution in [2.75, 3.05) is 7.05 Å². The molecule has 0 radical (unpaired) electrons. The summed E-state index contributed by atoms with van der Waals surface area (Å²) in [5, 5.41) is 3.48. The van der Waals surface area contributed by atoms with E-state index < -0.39 is 0 Å². The van der Waals surface area contributed by atoms with Crippen LogP contribution in [0, 0.1) is 13.8 Å². The lowest BCUT2D eigenvalue weighted by Gasteiger charge is -2.18. The molecule has 120 valence electrons. The minimum atomic E-state index is 0.518. The van der Waals surface area contributed by atoms with Gasteiger partial charge in [-0.25, -0.2) is 0 Å². The zero-order valence-electron chi connectivity index (χ0n) is 14.7. The van der Waals surface area contributed by atoms with Crippen LogP contribution >= 0.6 is 0 Å². The summed E-state index contributed by atoms with van der Waals surface area (Å²) in [7, 11) is 2.09. The van der Waals surface area contributed by atoms with Crippen molar-refractivity contribution in [2.24, 2.45) is 0 Å². The van der Waals surface area contributed by atoms with Crippen molar-refractivity contribution in [3.05, 3.63) is 34.9 Å². The van der Waals surface area contributed by atoms with Crippen LogP contribution in [-0.4, -0.2) is 7.05 Å². The summed E-state index contributed by atoms with van der Waals surface area (Å²) in [6.07, 6.45) is 12.4. The predicted octanol–water partition coefficient (Wildman–Crippen LogP) is 6.09. The van der Waals surface area contributed by atoms with Gasteiger partial charge in [0.25, 0.3) is 0 Å². The zero-order chi connectivity index (χ0) is 15.5. The van der Waals surface area contributed by atoms with Crippen LogP contribution in [-0.2, 0) is 0 Å². The highest BCUT2D eigenvalue weighted by atomic mass is 14.9. The number of aryl methyl sites for hydroxylation is 2. The topological polar surface area (TPSA) is 12.0 Å². The largest absolute Gasteiger partial charge is 0.313 e. The standard InChI is InChI=1S/C20H35N/c1-5-6-7-8-9-10-11-12-13-20(21-4)19-15-14-17(2)18(3)16-19/h14-16,20-21H,5-13H2,1-4H3. The maximum Gasteiger partial charge on any atom is 0.0317 e. The van der Waals surface area contributed by atoms with Gasteiger partial charge in [-0.3, -0.25) is 0 Å². The highest BCUT2D eigenvalue weighted by Crippen LogP contribution is 2.22. The zero-order valence-corrected chi connectivity index (χ0v) is 14.7. The molecule has 1 atom stereocenters. The van der Waals surface area contributed by atoms with Gasteiger partial charge < -0.3 is 5.32 Å². The van der Waals surface area contributed by atoms with Crippen LogP contribution in [0.1, 0.15) is 87.4 Å². The van der Waals surface area contributed by atoms with Crippen molar-refractivity contribution in [1.82, 2.24) is 5.32 Å². The molecule has 1 unspecified atom stereocenters. The van der Waals surface area contributed by atoms with E-state index in [1.165, 1.54) is 74.5 Å². The van der Waals surface area contributed by atoms with Gasteiger partial charge in [-0.05, 0) is 44.0 Å². The fourth-order valence-corrected chi connectivity index (χ4v) is 2.94. The molecular weight excluding hydrogens is 254 g/mol. The molecule has 0 bridgehead atoms. The SMILES string of the molecule is CCCCCCCCCCC(NC)c1ccc(C)c(C)c1. The van der Waals surface area contributed by atoms with E-state index in [9.17, 15) is 0 Å². The Kier molecular flexibility index (Phi) is 9.41. The third-order valence-corrected chi connectivity index (χ3v) is 4.63. The molecular formula is C20H35N. The first kappa shape index (κ1) is 18.2. The number of hydrogen-bond donors (Lipinski definition) is 1. The van der Waals surface area contributed by atoms with Crippen molar-refractivity contribution < 1.29 is 0 Å². The first-order valence-corrected chi connectivity index (χ1v) is 8.93. The minimum Gasteiger partial charge on any atom is -0.313 e. The fourth-order valence-electron chi connectivity index (χ4n) is 2.94. The molecule has 1 aromatic rings. The normalized spacial score (nSPS) is 12.6. The smallest absolute Gasteiger partial charge is 0.0317 e. The van der Waals surface area contributed by atoms with E-state index in [0.29, 0.717) is 6.04 Å². The van der Waals surface area contributed by atoms with Crippen LogP contribution in [0.15, 0.2) is 18.2 Å². The number of unbranched alkanes of at least 4 members (excludes halogenated alkanes) is 7. The molecule has 21 heavy (non-hydrogen) atoms. The van der Waals surface area contributed by atoms with Gasteiger partial charge in [-0.2, -0.15) is 0 Å². The van der Waals surface area contributed by atoms with E-state index in [2.05, 4.69) is 51.3 Å². The van der Waals surface area contributed by atoms with E-state index in [4.69, 9.17) is 0 Å². The van der Waals surface area contributed by atoms with Gasteiger partial charge in [0.1, 0.15) is 0 Å². The Bertz CT molecular complexity index is 383. The van der Waals surface area contributed by atoms with Gasteiger partial charge in [0.2, 0.25) is 0 Å². The molecule has 1 aromatic carbocycles. The van der Waals surface area contributed by atoms with Gasteiger partial charge in [0.15, 0.2) is 0 Å². The van der Waals surface area contributed by atoms with Crippen molar-refractivity contribution in [1.29, 1.82) is 0 Å². The van der Waals surface area contributed by atoms with E-state index in [0.717, 1.165) is 0 Å². The van der Waals surface area contributed by atoms with Gasteiger partial charge in [0.05, 0.1) is 0 Å². The van der Waals surface area contributed by atoms with E-state index in [1.54, 1.807) is 0 Å². The van der Waals surface area contributed by atoms with Gasteiger partial charge in [-0.1, -0.05) is 76.5 Å². The molecule has 0 amide bonds. The summed E-state index contributed by atoms with van der Waals surface area (Å²) in [6.45, 7) is 6.68. The maximum atomic E-state index is 3.48. The lowest BCUT2D eigenvalue weighted by atomic mass is 9.96. The average Bonchev–Trinajstić information content (AvgIpc) is 2.49. The average molecular weight is 290 g/mol. The number of benzene rings is 1. The number of hydrogen-bond acceptors (Lipinski definition) is 1. The Morgan fingerprint density at radius 1 is 0.857 bits per heavy atom. The van der Waals surface area contributed by atoms with Crippen LogP contribution in [0.3, 0.4) is 0 Å². The maximum absolute atomic E-state index is 3.48. The molecule has 0 heterocycles. The molecule has 0 fully saturated rings. The van der Waals surface area contributed by atoms with Gasteiger partial charge in [-0.15, -0.1) is 0 Å². The molecule has 0 aliphatic rings. The van der Waals surface area contributed by atoms with E-state index in [1.807, 2.05) is 0 Å². The lowest BCUT2D eigenvalue weighted by molar-refractivity contribution is 0.494. The summed E-state index contributed by atoms with van der Waals surface area (Å²) in [5.41, 5.74) is 4.24. The predicted molar refractivity (Wildman–Crippen MR) is 94.9 cm³/mol. The van der Waals surface area contributed by atoms with Crippen molar-refractivity contribution in [2.45, 2.75) is 84.6 Å². The van der Waals surface area contributed by atoms with E-state index in [-0.39, 0.29) is 0 Å². The monoisotopic (exact) mass is 289 g/mol. The van der Waals surface area contributed by atoms with Gasteiger partial charge >= 0.3 is 0 Å². The third-order valence-electron chi connectivity index (χ3n) is 4.63. The Labute approximate surface area is 132 Å². The summed E-state index contributed by atoms with van der Waals surface area (Å²) in [5.74, 6) is 0. The van der Waals surface area contributed by atoms with Crippen LogP contribution in [0.5, 0.6) is 0 Å². The number of rotatable bonds is 11. The molecule has 1 heteroatoms.